The van der Waals surface area contributed by atoms with Crippen molar-refractivity contribution in [3.63, 3.8) is 0 Å². The van der Waals surface area contributed by atoms with Gasteiger partial charge < -0.3 is 8.85 Å². The minimum Gasteiger partial charge on any atom is -0.492 e. The van der Waals surface area contributed by atoms with E-state index in [1.165, 1.54) is 6.92 Å². The SMILES string of the molecule is CC(=O)O[Si](CC(C)C)OCC(C)C. The third-order valence-electron chi connectivity index (χ3n) is 1.41. The van der Waals surface area contributed by atoms with Crippen molar-refractivity contribution in [1.29, 1.82) is 0 Å². The summed E-state index contributed by atoms with van der Waals surface area (Å²) in [6.07, 6.45) is 0. The van der Waals surface area contributed by atoms with E-state index in [-0.39, 0.29) is 5.97 Å². The second-order valence-corrected chi connectivity index (χ2v) is 5.91. The van der Waals surface area contributed by atoms with E-state index in [1.54, 1.807) is 0 Å². The van der Waals surface area contributed by atoms with Crippen LogP contribution in [0.2, 0.25) is 6.04 Å². The lowest BCUT2D eigenvalue weighted by Crippen LogP contribution is -2.28. The summed E-state index contributed by atoms with van der Waals surface area (Å²) in [4.78, 5) is 10.8. The predicted octanol–water partition coefficient (Wildman–Crippen LogP) is 2.37. The fourth-order valence-electron chi connectivity index (χ4n) is 0.883. The van der Waals surface area contributed by atoms with Gasteiger partial charge in [-0.3, -0.25) is 4.79 Å². The molecule has 0 aliphatic heterocycles. The fourth-order valence-corrected chi connectivity index (χ4v) is 2.65. The van der Waals surface area contributed by atoms with E-state index in [9.17, 15) is 4.79 Å². The van der Waals surface area contributed by atoms with Gasteiger partial charge in [0.15, 0.2) is 0 Å². The predicted molar refractivity (Wildman–Crippen MR) is 58.0 cm³/mol. The van der Waals surface area contributed by atoms with Crippen molar-refractivity contribution in [3.05, 3.63) is 0 Å². The smallest absolute Gasteiger partial charge is 0.460 e. The van der Waals surface area contributed by atoms with Gasteiger partial charge in [0.05, 0.1) is 0 Å². The first kappa shape index (κ1) is 13.6. The highest BCUT2D eigenvalue weighted by molar-refractivity contribution is 6.46. The lowest BCUT2D eigenvalue weighted by Gasteiger charge is -2.16. The highest BCUT2D eigenvalue weighted by atomic mass is 28.3. The zero-order chi connectivity index (χ0) is 11.1. The molecular formula is C10H21O3Si. The van der Waals surface area contributed by atoms with Crippen LogP contribution in [0, 0.1) is 11.8 Å². The molecule has 0 atom stereocenters. The van der Waals surface area contributed by atoms with E-state index in [0.717, 1.165) is 6.04 Å². The van der Waals surface area contributed by atoms with Crippen molar-refractivity contribution in [2.45, 2.75) is 40.7 Å². The molecule has 14 heavy (non-hydrogen) atoms. The van der Waals surface area contributed by atoms with Crippen LogP contribution in [0.15, 0.2) is 0 Å². The number of rotatable bonds is 6. The van der Waals surface area contributed by atoms with Crippen LogP contribution in [-0.2, 0) is 13.6 Å². The van der Waals surface area contributed by atoms with Gasteiger partial charge >= 0.3 is 9.28 Å². The third-order valence-corrected chi connectivity index (χ3v) is 3.56. The molecule has 0 bridgehead atoms. The summed E-state index contributed by atoms with van der Waals surface area (Å²) in [5.41, 5.74) is 0. The molecule has 0 aliphatic carbocycles. The number of hydrogen-bond acceptors (Lipinski definition) is 3. The van der Waals surface area contributed by atoms with Gasteiger partial charge in [0, 0.05) is 19.6 Å². The quantitative estimate of drug-likeness (QED) is 0.641. The van der Waals surface area contributed by atoms with E-state index in [4.69, 9.17) is 8.85 Å². The Kier molecular flexibility index (Phi) is 6.83. The normalized spacial score (nSPS) is 11.4. The molecule has 4 heteroatoms. The van der Waals surface area contributed by atoms with Crippen molar-refractivity contribution in [3.8, 4) is 0 Å². The summed E-state index contributed by atoms with van der Waals surface area (Å²) in [5, 5.41) is 0. The van der Waals surface area contributed by atoms with E-state index >= 15 is 0 Å². The molecular weight excluding hydrogens is 196 g/mol. The topological polar surface area (TPSA) is 35.5 Å². The van der Waals surface area contributed by atoms with Crippen molar-refractivity contribution >= 4 is 15.3 Å². The maximum atomic E-state index is 10.8. The Labute approximate surface area is 88.6 Å². The molecule has 3 nitrogen and oxygen atoms in total. The number of carbonyl (C=O) groups excluding carboxylic acids is 1. The van der Waals surface area contributed by atoms with Crippen LogP contribution in [0.5, 0.6) is 0 Å². The maximum absolute atomic E-state index is 10.8. The van der Waals surface area contributed by atoms with Crippen LogP contribution in [0.1, 0.15) is 34.6 Å². The number of hydrogen-bond donors (Lipinski definition) is 0. The van der Waals surface area contributed by atoms with Gasteiger partial charge in [-0.15, -0.1) is 0 Å². The van der Waals surface area contributed by atoms with Gasteiger partial charge in [-0.25, -0.2) is 0 Å². The zero-order valence-electron chi connectivity index (χ0n) is 9.79. The third kappa shape index (κ3) is 8.25. The molecule has 0 fully saturated rings. The Balaban J connectivity index is 3.90. The molecule has 0 saturated carbocycles. The average molecular weight is 217 g/mol. The Hall–Kier alpha value is -0.353. The molecule has 0 spiro atoms. The van der Waals surface area contributed by atoms with Crippen LogP contribution in [-0.4, -0.2) is 21.9 Å². The minimum atomic E-state index is -1.39. The van der Waals surface area contributed by atoms with Gasteiger partial charge in [-0.1, -0.05) is 27.7 Å². The second kappa shape index (κ2) is 7.01. The van der Waals surface area contributed by atoms with E-state index in [0.29, 0.717) is 18.4 Å². The van der Waals surface area contributed by atoms with Gasteiger partial charge in [0.25, 0.3) is 5.97 Å². The van der Waals surface area contributed by atoms with Gasteiger partial charge in [-0.2, -0.15) is 0 Å². The summed E-state index contributed by atoms with van der Waals surface area (Å²) < 4.78 is 10.7. The monoisotopic (exact) mass is 217 g/mol. The molecule has 0 rings (SSSR count). The first-order valence-electron chi connectivity index (χ1n) is 5.08. The van der Waals surface area contributed by atoms with Crippen molar-refractivity contribution < 1.29 is 13.6 Å². The highest BCUT2D eigenvalue weighted by Gasteiger charge is 2.21. The Morgan fingerprint density at radius 2 is 1.79 bits per heavy atom. The van der Waals surface area contributed by atoms with Crippen LogP contribution in [0.4, 0.5) is 0 Å². The molecule has 0 aromatic rings. The molecule has 0 unspecified atom stereocenters. The van der Waals surface area contributed by atoms with Crippen LogP contribution in [0.3, 0.4) is 0 Å². The lowest BCUT2D eigenvalue weighted by atomic mass is 10.2. The summed E-state index contributed by atoms with van der Waals surface area (Å²) in [5.74, 6) is 0.761. The molecule has 0 saturated heterocycles. The maximum Gasteiger partial charge on any atom is 0.460 e. The first-order chi connectivity index (χ1) is 6.41. The van der Waals surface area contributed by atoms with E-state index < -0.39 is 9.28 Å². The summed E-state index contributed by atoms with van der Waals surface area (Å²) in [7, 11) is -1.39. The van der Waals surface area contributed by atoms with Gasteiger partial charge in [-0.05, 0) is 11.8 Å². The lowest BCUT2D eigenvalue weighted by molar-refractivity contribution is -0.133. The molecule has 0 heterocycles. The first-order valence-corrected chi connectivity index (χ1v) is 6.61. The summed E-state index contributed by atoms with van der Waals surface area (Å²) in [6.45, 7) is 10.5. The van der Waals surface area contributed by atoms with Crippen molar-refractivity contribution in [2.24, 2.45) is 11.8 Å². The fraction of sp³-hybridized carbons (Fsp3) is 0.900. The van der Waals surface area contributed by atoms with Crippen LogP contribution >= 0.6 is 0 Å². The second-order valence-electron chi connectivity index (χ2n) is 4.27. The molecule has 0 aromatic heterocycles. The van der Waals surface area contributed by atoms with Crippen molar-refractivity contribution in [2.75, 3.05) is 6.61 Å². The summed E-state index contributed by atoms with van der Waals surface area (Å²) >= 11 is 0. The number of carbonyl (C=O) groups is 1. The standard InChI is InChI=1S/C10H21O3Si/c1-8(2)6-12-14(7-9(3)4)13-10(5)11/h8-9H,6-7H2,1-5H3. The molecule has 83 valence electrons. The minimum absolute atomic E-state index is 0.233. The highest BCUT2D eigenvalue weighted by Crippen LogP contribution is 2.09. The molecule has 1 radical (unpaired) electrons. The Morgan fingerprint density at radius 3 is 2.14 bits per heavy atom. The average Bonchev–Trinajstić information content (AvgIpc) is 1.97. The van der Waals surface area contributed by atoms with E-state index in [1.807, 2.05) is 0 Å². The Morgan fingerprint density at radius 1 is 1.21 bits per heavy atom. The van der Waals surface area contributed by atoms with E-state index in [2.05, 4.69) is 27.7 Å². The molecule has 0 N–H and O–H groups in total. The zero-order valence-corrected chi connectivity index (χ0v) is 10.8. The largest absolute Gasteiger partial charge is 0.492 e. The molecule has 0 amide bonds. The Bertz CT molecular complexity index is 169. The van der Waals surface area contributed by atoms with Crippen LogP contribution < -0.4 is 0 Å². The van der Waals surface area contributed by atoms with Crippen LogP contribution in [0.25, 0.3) is 0 Å². The molecule has 0 aromatic carbocycles. The van der Waals surface area contributed by atoms with Crippen molar-refractivity contribution in [1.82, 2.24) is 0 Å². The molecule has 0 aliphatic rings. The summed E-state index contributed by atoms with van der Waals surface area (Å²) in [6, 6.07) is 0.858. The van der Waals surface area contributed by atoms with Gasteiger partial charge in [0.2, 0.25) is 0 Å². The van der Waals surface area contributed by atoms with Gasteiger partial charge in [0.1, 0.15) is 0 Å².